The number of carbonyl (C=O) groups is 1. The van der Waals surface area contributed by atoms with Gasteiger partial charge < -0.3 is 10.7 Å². The molecule has 0 radical (unpaired) electrons. The number of thiophene rings is 1. The molecule has 2 aromatic heterocycles. The Hall–Kier alpha value is -2.18. The van der Waals surface area contributed by atoms with Crippen molar-refractivity contribution in [3.63, 3.8) is 0 Å². The summed E-state index contributed by atoms with van der Waals surface area (Å²) >= 11 is 1.79. The van der Waals surface area contributed by atoms with E-state index in [2.05, 4.69) is 40.8 Å². The van der Waals surface area contributed by atoms with Gasteiger partial charge in [0, 0.05) is 17.5 Å². The van der Waals surface area contributed by atoms with Crippen molar-refractivity contribution < 1.29 is 4.79 Å². The second kappa shape index (κ2) is 6.85. The molecule has 26 heavy (non-hydrogen) atoms. The van der Waals surface area contributed by atoms with Gasteiger partial charge in [-0.3, -0.25) is 9.69 Å². The van der Waals surface area contributed by atoms with Crippen LogP contribution in [0.5, 0.6) is 0 Å². The van der Waals surface area contributed by atoms with Crippen LogP contribution >= 0.6 is 11.3 Å². The minimum Gasteiger partial charge on any atom is -0.366 e. The molecule has 4 rings (SSSR count). The molecule has 6 heteroatoms. The molecule has 1 atom stereocenters. The monoisotopic (exact) mass is 368 g/mol. The first-order valence-corrected chi connectivity index (χ1v) is 9.97. The van der Waals surface area contributed by atoms with Gasteiger partial charge in [-0.1, -0.05) is 19.9 Å². The second-order valence-corrected chi connectivity index (χ2v) is 8.52. The Bertz CT molecular complexity index is 942. The van der Waals surface area contributed by atoms with Crippen molar-refractivity contribution in [1.29, 1.82) is 0 Å². The van der Waals surface area contributed by atoms with Crippen LogP contribution in [0.4, 0.5) is 0 Å². The Balaban J connectivity index is 1.65. The van der Waals surface area contributed by atoms with E-state index >= 15 is 0 Å². The van der Waals surface area contributed by atoms with Gasteiger partial charge in [0.2, 0.25) is 0 Å². The molecule has 3 heterocycles. The van der Waals surface area contributed by atoms with Crippen LogP contribution in [0.3, 0.4) is 0 Å². The van der Waals surface area contributed by atoms with E-state index in [0.29, 0.717) is 23.0 Å². The Morgan fingerprint density at radius 3 is 3.00 bits per heavy atom. The van der Waals surface area contributed by atoms with E-state index < -0.39 is 5.91 Å². The van der Waals surface area contributed by atoms with Crippen molar-refractivity contribution in [3.8, 4) is 10.7 Å². The molecule has 5 nitrogen and oxygen atoms in total. The fourth-order valence-corrected chi connectivity index (χ4v) is 4.97. The molecule has 3 aromatic rings. The van der Waals surface area contributed by atoms with Crippen molar-refractivity contribution in [1.82, 2.24) is 14.9 Å². The van der Waals surface area contributed by atoms with Crippen LogP contribution in [0.25, 0.3) is 21.7 Å². The van der Waals surface area contributed by atoms with Crippen LogP contribution in [0.2, 0.25) is 0 Å². The zero-order valence-electron chi connectivity index (χ0n) is 15.2. The highest BCUT2D eigenvalue weighted by atomic mass is 32.1. The van der Waals surface area contributed by atoms with Gasteiger partial charge in [-0.05, 0) is 49.6 Å². The van der Waals surface area contributed by atoms with Crippen LogP contribution in [-0.2, 0) is 0 Å². The molecule has 0 aliphatic carbocycles. The molecule has 3 N–H and O–H groups in total. The van der Waals surface area contributed by atoms with E-state index in [-0.39, 0.29) is 0 Å². The highest BCUT2D eigenvalue weighted by molar-refractivity contribution is 7.15. The van der Waals surface area contributed by atoms with Gasteiger partial charge in [0.15, 0.2) is 0 Å². The normalized spacial score (nSPS) is 18.2. The number of H-pyrrole nitrogens is 1. The molecule has 0 unspecified atom stereocenters. The summed E-state index contributed by atoms with van der Waals surface area (Å²) in [4.78, 5) is 24.7. The molecule has 1 aliphatic rings. The highest BCUT2D eigenvalue weighted by Crippen LogP contribution is 2.39. The number of imidazole rings is 1. The maximum absolute atomic E-state index is 11.6. The van der Waals surface area contributed by atoms with Gasteiger partial charge in [0.1, 0.15) is 11.3 Å². The summed E-state index contributed by atoms with van der Waals surface area (Å²) in [7, 11) is 0. The number of hydrogen-bond donors (Lipinski definition) is 2. The van der Waals surface area contributed by atoms with E-state index in [1.54, 1.807) is 17.4 Å². The van der Waals surface area contributed by atoms with Gasteiger partial charge in [0.25, 0.3) is 5.91 Å². The molecule has 1 aromatic carbocycles. The molecule has 0 bridgehead atoms. The van der Waals surface area contributed by atoms with Crippen LogP contribution < -0.4 is 5.73 Å². The lowest BCUT2D eigenvalue weighted by Gasteiger charge is -2.25. The number of hydrogen-bond acceptors (Lipinski definition) is 4. The number of aromatic nitrogens is 2. The predicted molar refractivity (Wildman–Crippen MR) is 106 cm³/mol. The number of nitrogens with zero attached hydrogens (tertiary/aromatic N) is 2. The van der Waals surface area contributed by atoms with E-state index in [1.807, 2.05) is 12.1 Å². The van der Waals surface area contributed by atoms with Gasteiger partial charge >= 0.3 is 0 Å². The Labute approximate surface area is 157 Å². The molecule has 136 valence electrons. The van der Waals surface area contributed by atoms with Gasteiger partial charge in [-0.15, -0.1) is 11.3 Å². The largest absolute Gasteiger partial charge is 0.366 e. The molecule has 0 saturated carbocycles. The SMILES string of the molecule is CC(C)CN1CCC[C@@H]1c1ccc(-c2nc3c(C(N)=O)cccc3[nH]2)s1. The third kappa shape index (κ3) is 3.15. The maximum atomic E-state index is 11.6. The molecule has 0 spiro atoms. The molecular weight excluding hydrogens is 344 g/mol. The quantitative estimate of drug-likeness (QED) is 0.709. The minimum absolute atomic E-state index is 0.448. The summed E-state index contributed by atoms with van der Waals surface area (Å²) in [5.41, 5.74) is 7.42. The average molecular weight is 369 g/mol. The van der Waals surface area contributed by atoms with E-state index in [9.17, 15) is 4.79 Å². The van der Waals surface area contributed by atoms with Crippen LogP contribution in [0.1, 0.15) is 48.0 Å². The Morgan fingerprint density at radius 1 is 1.38 bits per heavy atom. The summed E-state index contributed by atoms with van der Waals surface area (Å²) in [5.74, 6) is 1.03. The lowest BCUT2D eigenvalue weighted by Crippen LogP contribution is -2.26. The molecular formula is C20H24N4OS. The third-order valence-electron chi connectivity index (χ3n) is 4.93. The fourth-order valence-electron chi connectivity index (χ4n) is 3.84. The van der Waals surface area contributed by atoms with Crippen molar-refractivity contribution in [2.24, 2.45) is 11.7 Å². The first kappa shape index (κ1) is 17.2. The topological polar surface area (TPSA) is 75.0 Å². The van der Waals surface area contributed by atoms with E-state index in [0.717, 1.165) is 22.8 Å². The van der Waals surface area contributed by atoms with Crippen LogP contribution in [-0.4, -0.2) is 33.9 Å². The van der Waals surface area contributed by atoms with Crippen molar-refractivity contribution in [2.45, 2.75) is 32.7 Å². The van der Waals surface area contributed by atoms with E-state index in [4.69, 9.17) is 5.73 Å². The summed E-state index contributed by atoms with van der Waals surface area (Å²) in [6.45, 7) is 6.88. The third-order valence-corrected chi connectivity index (χ3v) is 6.12. The minimum atomic E-state index is -0.448. The summed E-state index contributed by atoms with van der Waals surface area (Å²) in [6, 6.07) is 10.3. The van der Waals surface area contributed by atoms with Crippen molar-refractivity contribution in [3.05, 3.63) is 40.8 Å². The zero-order chi connectivity index (χ0) is 18.3. The number of aromatic amines is 1. The van der Waals surface area contributed by atoms with Crippen molar-refractivity contribution in [2.75, 3.05) is 13.1 Å². The number of carbonyl (C=O) groups excluding carboxylic acids is 1. The van der Waals surface area contributed by atoms with Gasteiger partial charge in [-0.25, -0.2) is 4.98 Å². The fraction of sp³-hybridized carbons (Fsp3) is 0.400. The van der Waals surface area contributed by atoms with Crippen molar-refractivity contribution >= 4 is 28.3 Å². The first-order valence-electron chi connectivity index (χ1n) is 9.15. The number of rotatable bonds is 5. The molecule has 1 amide bonds. The predicted octanol–water partition coefficient (Wildman–Crippen LogP) is 4.18. The second-order valence-electron chi connectivity index (χ2n) is 7.40. The number of fused-ring (bicyclic) bond motifs is 1. The zero-order valence-corrected chi connectivity index (χ0v) is 16.0. The van der Waals surface area contributed by atoms with E-state index in [1.165, 1.54) is 24.3 Å². The first-order chi connectivity index (χ1) is 12.5. The lowest BCUT2D eigenvalue weighted by molar-refractivity contribution is 0.100. The number of nitrogens with two attached hydrogens (primary N) is 1. The molecule has 1 aliphatic heterocycles. The smallest absolute Gasteiger partial charge is 0.250 e. The standard InChI is InChI=1S/C20H24N4OS/c1-12(2)11-24-10-4-7-15(24)16-8-9-17(26-16)20-22-14-6-3-5-13(19(21)25)18(14)23-20/h3,5-6,8-9,12,15H,4,7,10-11H2,1-2H3,(H2,21,25)(H,22,23)/t15-/m1/s1. The molecule has 1 fully saturated rings. The highest BCUT2D eigenvalue weighted by Gasteiger charge is 2.27. The number of primary amides is 1. The number of nitrogens with one attached hydrogen (secondary N) is 1. The maximum Gasteiger partial charge on any atom is 0.250 e. The number of likely N-dealkylation sites (tertiary alicyclic amines) is 1. The molecule has 1 saturated heterocycles. The summed E-state index contributed by atoms with van der Waals surface area (Å²) < 4.78 is 0. The van der Waals surface area contributed by atoms with Crippen LogP contribution in [0.15, 0.2) is 30.3 Å². The van der Waals surface area contributed by atoms with Gasteiger partial charge in [0.05, 0.1) is 16.0 Å². The summed E-state index contributed by atoms with van der Waals surface area (Å²) in [6.07, 6.45) is 2.48. The Morgan fingerprint density at radius 2 is 2.23 bits per heavy atom. The summed E-state index contributed by atoms with van der Waals surface area (Å²) in [5, 5.41) is 0. The number of amides is 1. The Kier molecular flexibility index (Phi) is 4.54. The lowest BCUT2D eigenvalue weighted by atomic mass is 10.1. The number of para-hydroxylation sites is 1. The van der Waals surface area contributed by atoms with Crippen LogP contribution in [0, 0.1) is 5.92 Å². The van der Waals surface area contributed by atoms with Gasteiger partial charge in [-0.2, -0.15) is 0 Å². The average Bonchev–Trinajstić information content (AvgIpc) is 3.31. The number of benzene rings is 1.